The van der Waals surface area contributed by atoms with Gasteiger partial charge in [0, 0.05) is 24.2 Å². The fourth-order valence-electron chi connectivity index (χ4n) is 3.68. The van der Waals surface area contributed by atoms with Gasteiger partial charge >= 0.3 is 0 Å². The number of fused-ring (bicyclic) bond motifs is 1. The summed E-state index contributed by atoms with van der Waals surface area (Å²) >= 11 is 0. The third kappa shape index (κ3) is 4.08. The predicted octanol–water partition coefficient (Wildman–Crippen LogP) is 2.28. The first kappa shape index (κ1) is 19.8. The number of carbonyl (C=O) groups excluding carboxylic acids is 2. The largest absolute Gasteiger partial charge is 0.497 e. The second kappa shape index (κ2) is 8.46. The molecule has 4 rings (SSSR count). The van der Waals surface area contributed by atoms with Gasteiger partial charge in [0.25, 0.3) is 5.91 Å². The summed E-state index contributed by atoms with van der Waals surface area (Å²) in [4.78, 5) is 26.8. The number of anilines is 1. The van der Waals surface area contributed by atoms with E-state index in [9.17, 15) is 9.59 Å². The molecular formula is C22H24N4O4. The number of methoxy groups -OCH3 is 2. The van der Waals surface area contributed by atoms with Crippen LogP contribution in [0.4, 0.5) is 5.69 Å². The van der Waals surface area contributed by atoms with Crippen molar-refractivity contribution in [3.05, 3.63) is 66.5 Å². The van der Waals surface area contributed by atoms with Crippen LogP contribution in [-0.4, -0.2) is 48.5 Å². The maximum absolute atomic E-state index is 12.9. The monoisotopic (exact) mass is 408 g/mol. The molecule has 2 aromatic carbocycles. The smallest absolute Gasteiger partial charge is 0.251 e. The molecule has 1 fully saturated rings. The quantitative estimate of drug-likeness (QED) is 0.763. The van der Waals surface area contributed by atoms with E-state index in [0.29, 0.717) is 17.9 Å². The first-order valence-electron chi connectivity index (χ1n) is 9.68. The van der Waals surface area contributed by atoms with E-state index < -0.39 is 0 Å². The van der Waals surface area contributed by atoms with Crippen molar-refractivity contribution in [3.63, 3.8) is 0 Å². The van der Waals surface area contributed by atoms with E-state index in [1.807, 2.05) is 29.3 Å². The number of nitrogens with one attached hydrogen (secondary N) is 2. The number of nitrogens with zero attached hydrogens (tertiary/aromatic N) is 2. The zero-order chi connectivity index (χ0) is 21.1. The first-order valence-corrected chi connectivity index (χ1v) is 9.68. The molecule has 2 heterocycles. The lowest BCUT2D eigenvalue weighted by molar-refractivity contribution is -0.137. The summed E-state index contributed by atoms with van der Waals surface area (Å²) in [6.45, 7) is -0.0515. The number of hydrazine groups is 1. The van der Waals surface area contributed by atoms with E-state index in [2.05, 4.69) is 10.7 Å². The molecule has 2 amide bonds. The van der Waals surface area contributed by atoms with Gasteiger partial charge in [-0.15, -0.1) is 0 Å². The van der Waals surface area contributed by atoms with Crippen LogP contribution in [0, 0.1) is 0 Å². The minimum atomic E-state index is -0.355. The SMILES string of the molecule is COc1ccc(C2CC3C(=O)N(CC(=O)Nc4cccc(OC)c4)C=CN3N2)cc1. The second-order valence-electron chi connectivity index (χ2n) is 7.16. The molecular weight excluding hydrogens is 384 g/mol. The van der Waals surface area contributed by atoms with Crippen LogP contribution in [0.15, 0.2) is 60.9 Å². The molecule has 2 unspecified atom stereocenters. The van der Waals surface area contributed by atoms with Crippen molar-refractivity contribution in [2.75, 3.05) is 26.1 Å². The number of benzene rings is 2. The van der Waals surface area contributed by atoms with Crippen LogP contribution in [0.2, 0.25) is 0 Å². The molecule has 0 radical (unpaired) electrons. The van der Waals surface area contributed by atoms with E-state index >= 15 is 0 Å². The lowest BCUT2D eigenvalue weighted by Gasteiger charge is -2.31. The van der Waals surface area contributed by atoms with E-state index in [1.165, 1.54) is 4.90 Å². The Morgan fingerprint density at radius 1 is 1.10 bits per heavy atom. The van der Waals surface area contributed by atoms with Crippen molar-refractivity contribution in [2.45, 2.75) is 18.5 Å². The number of hydrogen-bond donors (Lipinski definition) is 2. The van der Waals surface area contributed by atoms with Crippen molar-refractivity contribution in [1.29, 1.82) is 0 Å². The highest BCUT2D eigenvalue weighted by atomic mass is 16.5. The molecule has 0 spiro atoms. The van der Waals surface area contributed by atoms with E-state index in [4.69, 9.17) is 9.47 Å². The lowest BCUT2D eigenvalue weighted by atomic mass is 10.0. The van der Waals surface area contributed by atoms with Crippen LogP contribution < -0.4 is 20.2 Å². The van der Waals surface area contributed by atoms with Crippen molar-refractivity contribution < 1.29 is 19.1 Å². The van der Waals surface area contributed by atoms with Gasteiger partial charge in [0.15, 0.2) is 0 Å². The number of carbonyl (C=O) groups is 2. The van der Waals surface area contributed by atoms with Crippen LogP contribution in [0.5, 0.6) is 11.5 Å². The summed E-state index contributed by atoms with van der Waals surface area (Å²) in [6.07, 6.45) is 4.05. The number of ether oxygens (including phenoxy) is 2. The molecule has 1 saturated heterocycles. The molecule has 0 aliphatic carbocycles. The summed E-state index contributed by atoms with van der Waals surface area (Å²) < 4.78 is 10.4. The molecule has 2 atom stereocenters. The Balaban J connectivity index is 1.38. The number of rotatable bonds is 6. The Bertz CT molecular complexity index is 960. The fourth-order valence-corrected chi connectivity index (χ4v) is 3.68. The summed E-state index contributed by atoms with van der Waals surface area (Å²) in [5, 5.41) is 4.61. The number of hydrogen-bond acceptors (Lipinski definition) is 6. The van der Waals surface area contributed by atoms with Crippen molar-refractivity contribution in [2.24, 2.45) is 0 Å². The van der Waals surface area contributed by atoms with Gasteiger partial charge in [-0.2, -0.15) is 0 Å². The summed E-state index contributed by atoms with van der Waals surface area (Å²) in [5.74, 6) is 1.06. The van der Waals surface area contributed by atoms with Crippen LogP contribution in [0.3, 0.4) is 0 Å². The topological polar surface area (TPSA) is 83.1 Å². The van der Waals surface area contributed by atoms with Crippen LogP contribution in [-0.2, 0) is 9.59 Å². The number of amides is 2. The van der Waals surface area contributed by atoms with E-state index in [-0.39, 0.29) is 30.4 Å². The Hall–Kier alpha value is -3.52. The third-order valence-electron chi connectivity index (χ3n) is 5.26. The standard InChI is InChI=1S/C22H24N4O4/c1-29-17-8-6-15(7-9-17)19-13-20-22(28)25(10-11-26(20)24-19)14-21(27)23-16-4-3-5-18(12-16)30-2/h3-12,19-20,24H,13-14H2,1-2H3,(H,23,27). The highest BCUT2D eigenvalue weighted by molar-refractivity contribution is 5.96. The maximum atomic E-state index is 12.9. The highest BCUT2D eigenvalue weighted by Gasteiger charge is 2.40. The Labute approximate surface area is 175 Å². The average molecular weight is 408 g/mol. The van der Waals surface area contributed by atoms with Crippen LogP contribution >= 0.6 is 0 Å². The zero-order valence-corrected chi connectivity index (χ0v) is 16.9. The third-order valence-corrected chi connectivity index (χ3v) is 5.26. The maximum Gasteiger partial charge on any atom is 0.251 e. The lowest BCUT2D eigenvalue weighted by Crippen LogP contribution is -2.49. The molecule has 8 heteroatoms. The minimum absolute atomic E-state index is 0.0140. The molecule has 2 N–H and O–H groups in total. The van der Waals surface area contributed by atoms with E-state index in [0.717, 1.165) is 11.3 Å². The van der Waals surface area contributed by atoms with Gasteiger partial charge in [0.2, 0.25) is 5.91 Å². The van der Waals surface area contributed by atoms with Gasteiger partial charge in [0.05, 0.1) is 20.3 Å². The first-order chi connectivity index (χ1) is 14.6. The minimum Gasteiger partial charge on any atom is -0.497 e. The molecule has 0 saturated carbocycles. The molecule has 8 nitrogen and oxygen atoms in total. The Morgan fingerprint density at radius 2 is 1.87 bits per heavy atom. The van der Waals surface area contributed by atoms with Crippen LogP contribution in [0.1, 0.15) is 18.0 Å². The molecule has 2 aromatic rings. The van der Waals surface area contributed by atoms with Crippen molar-refractivity contribution in [1.82, 2.24) is 15.3 Å². The Kier molecular flexibility index (Phi) is 5.58. The summed E-state index contributed by atoms with van der Waals surface area (Å²) in [6, 6.07) is 14.5. The van der Waals surface area contributed by atoms with Gasteiger partial charge in [-0.25, -0.2) is 5.43 Å². The van der Waals surface area contributed by atoms with Gasteiger partial charge in [-0.1, -0.05) is 18.2 Å². The zero-order valence-electron chi connectivity index (χ0n) is 16.9. The fraction of sp³-hybridized carbons (Fsp3) is 0.273. The second-order valence-corrected chi connectivity index (χ2v) is 7.16. The summed E-state index contributed by atoms with van der Waals surface area (Å²) in [5.41, 5.74) is 5.05. The molecule has 0 bridgehead atoms. The van der Waals surface area contributed by atoms with E-state index in [1.54, 1.807) is 50.9 Å². The van der Waals surface area contributed by atoms with Gasteiger partial charge in [-0.05, 0) is 36.2 Å². The van der Waals surface area contributed by atoms with Gasteiger partial charge in [-0.3, -0.25) is 9.59 Å². The Morgan fingerprint density at radius 3 is 2.60 bits per heavy atom. The van der Waals surface area contributed by atoms with Crippen molar-refractivity contribution >= 4 is 17.5 Å². The predicted molar refractivity (Wildman–Crippen MR) is 112 cm³/mol. The van der Waals surface area contributed by atoms with Gasteiger partial charge < -0.3 is 24.7 Å². The molecule has 156 valence electrons. The van der Waals surface area contributed by atoms with Crippen LogP contribution in [0.25, 0.3) is 0 Å². The average Bonchev–Trinajstić information content (AvgIpc) is 3.21. The molecule has 2 aliphatic rings. The summed E-state index contributed by atoms with van der Waals surface area (Å²) in [7, 11) is 3.20. The normalized spacial score (nSPS) is 20.1. The molecule has 2 aliphatic heterocycles. The highest BCUT2D eigenvalue weighted by Crippen LogP contribution is 2.31. The van der Waals surface area contributed by atoms with Gasteiger partial charge in [0.1, 0.15) is 24.1 Å². The van der Waals surface area contributed by atoms with Crippen molar-refractivity contribution in [3.8, 4) is 11.5 Å². The molecule has 30 heavy (non-hydrogen) atoms. The molecule has 0 aromatic heterocycles.